The number of rotatable bonds is 3. The zero-order valence-corrected chi connectivity index (χ0v) is 11.4. The molecule has 5 nitrogen and oxygen atoms in total. The molecule has 1 aromatic heterocycles. The first kappa shape index (κ1) is 12.1. The van der Waals surface area contributed by atoms with Gasteiger partial charge in [-0.1, -0.05) is 13.0 Å². The summed E-state index contributed by atoms with van der Waals surface area (Å²) in [6, 6.07) is 8.86. The third-order valence-corrected chi connectivity index (χ3v) is 3.78. The fourth-order valence-electron chi connectivity index (χ4n) is 2.77. The molecular weight excluding hydrogens is 238 g/mol. The summed E-state index contributed by atoms with van der Waals surface area (Å²) in [6.07, 6.45) is 3.84. The van der Waals surface area contributed by atoms with Crippen molar-refractivity contribution in [3.63, 3.8) is 0 Å². The number of nitrogens with zero attached hydrogens (tertiary/aromatic N) is 4. The van der Waals surface area contributed by atoms with Gasteiger partial charge in [-0.25, -0.2) is 0 Å². The first-order valence-electron chi connectivity index (χ1n) is 6.84. The zero-order chi connectivity index (χ0) is 13.2. The molecule has 100 valence electrons. The maximum Gasteiger partial charge on any atom is 0.153 e. The van der Waals surface area contributed by atoms with Crippen molar-refractivity contribution in [2.45, 2.75) is 39.2 Å². The van der Waals surface area contributed by atoms with E-state index in [0.29, 0.717) is 6.04 Å². The molecule has 0 amide bonds. The Bertz CT molecular complexity index is 562. The standard InChI is InChI=1S/C14H19N5/c1-10-6-7-13(8-10)15-12-4-3-5-14(9-12)19-11(2)16-17-18-19/h3-5,9-10,13,15H,6-8H2,1-2H3. The van der Waals surface area contributed by atoms with Crippen LogP contribution in [0.1, 0.15) is 32.0 Å². The van der Waals surface area contributed by atoms with Gasteiger partial charge in [0.1, 0.15) is 0 Å². The second kappa shape index (κ2) is 4.99. The Morgan fingerprint density at radius 2 is 2.21 bits per heavy atom. The number of benzene rings is 1. The van der Waals surface area contributed by atoms with Gasteiger partial charge >= 0.3 is 0 Å². The summed E-state index contributed by atoms with van der Waals surface area (Å²) in [5.74, 6) is 1.63. The van der Waals surface area contributed by atoms with Crippen molar-refractivity contribution >= 4 is 5.69 Å². The smallest absolute Gasteiger partial charge is 0.153 e. The van der Waals surface area contributed by atoms with Crippen LogP contribution >= 0.6 is 0 Å². The lowest BCUT2D eigenvalue weighted by molar-refractivity contribution is 0.602. The van der Waals surface area contributed by atoms with Crippen LogP contribution in [-0.2, 0) is 0 Å². The Kier molecular flexibility index (Phi) is 3.19. The van der Waals surface area contributed by atoms with E-state index in [1.54, 1.807) is 4.68 Å². The monoisotopic (exact) mass is 257 g/mol. The summed E-state index contributed by atoms with van der Waals surface area (Å²) in [4.78, 5) is 0. The Morgan fingerprint density at radius 1 is 1.32 bits per heavy atom. The average Bonchev–Trinajstić information content (AvgIpc) is 2.99. The lowest BCUT2D eigenvalue weighted by Gasteiger charge is -2.14. The van der Waals surface area contributed by atoms with Crippen LogP contribution in [0.3, 0.4) is 0 Å². The zero-order valence-electron chi connectivity index (χ0n) is 11.4. The maximum absolute atomic E-state index is 4.00. The van der Waals surface area contributed by atoms with E-state index in [1.807, 2.05) is 19.1 Å². The molecule has 2 unspecified atom stereocenters. The van der Waals surface area contributed by atoms with Crippen LogP contribution in [-0.4, -0.2) is 26.2 Å². The van der Waals surface area contributed by atoms with Crippen molar-refractivity contribution in [1.29, 1.82) is 0 Å². The molecule has 1 heterocycles. The third-order valence-electron chi connectivity index (χ3n) is 3.78. The minimum Gasteiger partial charge on any atom is -0.382 e. The Morgan fingerprint density at radius 3 is 2.89 bits per heavy atom. The molecule has 2 atom stereocenters. The molecule has 0 spiro atoms. The van der Waals surface area contributed by atoms with Gasteiger partial charge in [-0.15, -0.1) is 5.10 Å². The average molecular weight is 257 g/mol. The SMILES string of the molecule is Cc1nnnn1-c1cccc(NC2CCC(C)C2)c1. The Hall–Kier alpha value is -1.91. The Labute approximate surface area is 113 Å². The number of hydrogen-bond acceptors (Lipinski definition) is 4. The highest BCUT2D eigenvalue weighted by atomic mass is 15.5. The molecule has 0 bridgehead atoms. The van der Waals surface area contributed by atoms with Crippen molar-refractivity contribution in [2.75, 3.05) is 5.32 Å². The molecule has 19 heavy (non-hydrogen) atoms. The van der Waals surface area contributed by atoms with Crippen LogP contribution < -0.4 is 5.32 Å². The quantitative estimate of drug-likeness (QED) is 0.918. The molecule has 1 aliphatic carbocycles. The van der Waals surface area contributed by atoms with E-state index < -0.39 is 0 Å². The summed E-state index contributed by atoms with van der Waals surface area (Å²) < 4.78 is 1.75. The van der Waals surface area contributed by atoms with Gasteiger partial charge in [0.2, 0.25) is 0 Å². The molecule has 3 rings (SSSR count). The van der Waals surface area contributed by atoms with Gasteiger partial charge in [-0.2, -0.15) is 4.68 Å². The van der Waals surface area contributed by atoms with Crippen molar-refractivity contribution in [3.05, 3.63) is 30.1 Å². The highest BCUT2D eigenvalue weighted by Crippen LogP contribution is 2.27. The molecule has 1 fully saturated rings. The van der Waals surface area contributed by atoms with Crippen LogP contribution in [0.15, 0.2) is 24.3 Å². The summed E-state index contributed by atoms with van der Waals surface area (Å²) in [6.45, 7) is 4.22. The minimum atomic E-state index is 0.597. The number of anilines is 1. The molecule has 0 radical (unpaired) electrons. The van der Waals surface area contributed by atoms with Crippen molar-refractivity contribution in [2.24, 2.45) is 5.92 Å². The molecule has 1 aliphatic rings. The molecule has 2 aromatic rings. The summed E-state index contributed by atoms with van der Waals surface area (Å²) >= 11 is 0. The summed E-state index contributed by atoms with van der Waals surface area (Å²) in [5.41, 5.74) is 2.14. The van der Waals surface area contributed by atoms with Gasteiger partial charge in [0.25, 0.3) is 0 Å². The van der Waals surface area contributed by atoms with Crippen LogP contribution in [0, 0.1) is 12.8 Å². The topological polar surface area (TPSA) is 55.6 Å². The van der Waals surface area contributed by atoms with Crippen LogP contribution in [0.25, 0.3) is 5.69 Å². The predicted octanol–water partition coefficient (Wildman–Crippen LogP) is 2.57. The van der Waals surface area contributed by atoms with Gasteiger partial charge < -0.3 is 5.32 Å². The minimum absolute atomic E-state index is 0.597. The van der Waals surface area contributed by atoms with E-state index >= 15 is 0 Å². The van der Waals surface area contributed by atoms with E-state index in [9.17, 15) is 0 Å². The van der Waals surface area contributed by atoms with Crippen molar-refractivity contribution in [1.82, 2.24) is 20.2 Å². The molecule has 1 N–H and O–H groups in total. The lowest BCUT2D eigenvalue weighted by atomic mass is 10.1. The Balaban J connectivity index is 1.79. The second-order valence-corrected chi connectivity index (χ2v) is 5.45. The number of nitrogens with one attached hydrogen (secondary N) is 1. The van der Waals surface area contributed by atoms with E-state index in [1.165, 1.54) is 19.3 Å². The number of tetrazole rings is 1. The predicted molar refractivity (Wildman–Crippen MR) is 74.3 cm³/mol. The van der Waals surface area contributed by atoms with Crippen LogP contribution in [0.4, 0.5) is 5.69 Å². The molecular formula is C14H19N5. The molecule has 0 aliphatic heterocycles. The molecule has 0 saturated heterocycles. The van der Waals surface area contributed by atoms with Gasteiger partial charge in [-0.3, -0.25) is 0 Å². The van der Waals surface area contributed by atoms with E-state index in [4.69, 9.17) is 0 Å². The fraction of sp³-hybridized carbons (Fsp3) is 0.500. The molecule has 1 aromatic carbocycles. The molecule has 5 heteroatoms. The van der Waals surface area contributed by atoms with E-state index in [2.05, 4.69) is 39.9 Å². The first-order valence-corrected chi connectivity index (χ1v) is 6.84. The van der Waals surface area contributed by atoms with Crippen LogP contribution in [0.2, 0.25) is 0 Å². The number of aryl methyl sites for hydroxylation is 1. The summed E-state index contributed by atoms with van der Waals surface area (Å²) in [5, 5.41) is 15.2. The second-order valence-electron chi connectivity index (χ2n) is 5.45. The van der Waals surface area contributed by atoms with Gasteiger partial charge in [-0.05, 0) is 60.7 Å². The van der Waals surface area contributed by atoms with E-state index in [0.717, 1.165) is 23.1 Å². The largest absolute Gasteiger partial charge is 0.382 e. The van der Waals surface area contributed by atoms with Gasteiger partial charge in [0.05, 0.1) is 5.69 Å². The first-order chi connectivity index (χ1) is 9.22. The van der Waals surface area contributed by atoms with Gasteiger partial charge in [0.15, 0.2) is 5.82 Å². The van der Waals surface area contributed by atoms with Gasteiger partial charge in [0, 0.05) is 11.7 Å². The lowest BCUT2D eigenvalue weighted by Crippen LogP contribution is -2.15. The third kappa shape index (κ3) is 2.59. The van der Waals surface area contributed by atoms with Crippen LogP contribution in [0.5, 0.6) is 0 Å². The van der Waals surface area contributed by atoms with E-state index in [-0.39, 0.29) is 0 Å². The van der Waals surface area contributed by atoms with Crippen molar-refractivity contribution in [3.8, 4) is 5.69 Å². The maximum atomic E-state index is 4.00. The number of aromatic nitrogens is 4. The highest BCUT2D eigenvalue weighted by molar-refractivity contribution is 5.51. The normalized spacial score (nSPS) is 22.6. The van der Waals surface area contributed by atoms with Crippen molar-refractivity contribution < 1.29 is 0 Å². The molecule has 1 saturated carbocycles. The number of hydrogen-bond donors (Lipinski definition) is 1. The summed E-state index contributed by atoms with van der Waals surface area (Å²) in [7, 11) is 0. The fourth-order valence-corrected chi connectivity index (χ4v) is 2.77. The highest BCUT2D eigenvalue weighted by Gasteiger charge is 2.20.